The lowest BCUT2D eigenvalue weighted by atomic mass is 10.2. The fourth-order valence-corrected chi connectivity index (χ4v) is 0.627. The van der Waals surface area contributed by atoms with E-state index in [-0.39, 0.29) is 11.8 Å². The van der Waals surface area contributed by atoms with Crippen LogP contribution in [0.1, 0.15) is 13.3 Å². The molecule has 0 spiro atoms. The smallest absolute Gasteiger partial charge is 0.353 e. The van der Waals surface area contributed by atoms with E-state index < -0.39 is 5.97 Å². The van der Waals surface area contributed by atoms with Crippen LogP contribution in [-0.4, -0.2) is 22.9 Å². The second-order valence-corrected chi connectivity index (χ2v) is 1.96. The first kappa shape index (κ1) is 6.07. The molecule has 1 atom stereocenters. The van der Waals surface area contributed by atoms with E-state index in [1.54, 1.807) is 6.92 Å². The van der Waals surface area contributed by atoms with Gasteiger partial charge in [-0.15, -0.1) is 0 Å². The molecule has 0 aromatic rings. The molecule has 0 aromatic carbocycles. The van der Waals surface area contributed by atoms with Crippen LogP contribution in [0, 0.1) is 0 Å². The van der Waals surface area contributed by atoms with Crippen molar-refractivity contribution in [2.45, 2.75) is 19.4 Å². The predicted molar refractivity (Wildman–Crippen MR) is 30.2 cm³/mol. The normalized spacial score (nSPS) is 25.0. The van der Waals surface area contributed by atoms with E-state index in [9.17, 15) is 4.79 Å². The van der Waals surface area contributed by atoms with E-state index in [0.29, 0.717) is 6.42 Å². The summed E-state index contributed by atoms with van der Waals surface area (Å²) in [4.78, 5) is 14.8. The summed E-state index contributed by atoms with van der Waals surface area (Å²) in [6.07, 6.45) is 0.339. The van der Waals surface area contributed by atoms with Gasteiger partial charge in [-0.1, -0.05) is 5.16 Å². The first-order chi connectivity index (χ1) is 4.20. The molecule has 9 heavy (non-hydrogen) atoms. The maximum atomic E-state index is 10.1. The third-order valence-corrected chi connectivity index (χ3v) is 1.07. The van der Waals surface area contributed by atoms with Crippen molar-refractivity contribution in [1.82, 2.24) is 0 Å². The molecule has 0 aliphatic carbocycles. The average molecular weight is 129 g/mol. The number of carboxylic acids is 1. The Hall–Kier alpha value is -1.06. The maximum absolute atomic E-state index is 10.1. The maximum Gasteiger partial charge on any atom is 0.353 e. The van der Waals surface area contributed by atoms with Crippen LogP contribution in [0.4, 0.5) is 0 Å². The molecule has 4 heteroatoms. The number of hydrogen-bond acceptors (Lipinski definition) is 3. The van der Waals surface area contributed by atoms with Crippen LogP contribution in [0.3, 0.4) is 0 Å². The Morgan fingerprint density at radius 2 is 2.67 bits per heavy atom. The van der Waals surface area contributed by atoms with E-state index in [1.807, 2.05) is 0 Å². The summed E-state index contributed by atoms with van der Waals surface area (Å²) in [6, 6.07) is 0. The van der Waals surface area contributed by atoms with Crippen molar-refractivity contribution in [2.75, 3.05) is 0 Å². The molecule has 0 fully saturated rings. The molecule has 1 unspecified atom stereocenters. The molecule has 1 heterocycles. The Morgan fingerprint density at radius 1 is 2.00 bits per heavy atom. The van der Waals surface area contributed by atoms with E-state index in [1.165, 1.54) is 0 Å². The largest absolute Gasteiger partial charge is 0.477 e. The molecular weight excluding hydrogens is 122 g/mol. The Kier molecular flexibility index (Phi) is 1.38. The molecule has 0 saturated heterocycles. The van der Waals surface area contributed by atoms with Crippen molar-refractivity contribution in [3.05, 3.63) is 0 Å². The average Bonchev–Trinajstić information content (AvgIpc) is 2.14. The molecular formula is C5H7NO3. The Labute approximate surface area is 52.1 Å². The van der Waals surface area contributed by atoms with Gasteiger partial charge in [0.15, 0.2) is 5.71 Å². The third kappa shape index (κ3) is 1.19. The second kappa shape index (κ2) is 2.05. The molecule has 1 aliphatic heterocycles. The van der Waals surface area contributed by atoms with Crippen molar-refractivity contribution in [2.24, 2.45) is 5.16 Å². The number of hydrogen-bond donors (Lipinski definition) is 1. The zero-order valence-corrected chi connectivity index (χ0v) is 5.00. The molecule has 0 bridgehead atoms. The van der Waals surface area contributed by atoms with Crippen LogP contribution < -0.4 is 0 Å². The zero-order chi connectivity index (χ0) is 6.85. The number of aliphatic carboxylic acids is 1. The number of rotatable bonds is 1. The van der Waals surface area contributed by atoms with Gasteiger partial charge in [0.25, 0.3) is 0 Å². The van der Waals surface area contributed by atoms with Crippen molar-refractivity contribution < 1.29 is 14.7 Å². The summed E-state index contributed by atoms with van der Waals surface area (Å²) in [7, 11) is 0. The van der Waals surface area contributed by atoms with Gasteiger partial charge in [0.1, 0.15) is 6.10 Å². The third-order valence-electron chi connectivity index (χ3n) is 1.07. The van der Waals surface area contributed by atoms with Gasteiger partial charge < -0.3 is 9.94 Å². The van der Waals surface area contributed by atoms with Crippen LogP contribution in [-0.2, 0) is 9.63 Å². The Bertz CT molecular complexity index is 164. The van der Waals surface area contributed by atoms with Gasteiger partial charge in [-0.2, -0.15) is 0 Å². The minimum Gasteiger partial charge on any atom is -0.477 e. The standard InChI is InChI=1S/C5H7NO3/c1-3-2-4(5(7)8)6-9-3/h3H,2H2,1H3,(H,7,8). The van der Waals surface area contributed by atoms with Gasteiger partial charge in [0, 0.05) is 6.42 Å². The van der Waals surface area contributed by atoms with Gasteiger partial charge in [-0.3, -0.25) is 0 Å². The summed E-state index contributed by atoms with van der Waals surface area (Å²) in [5.41, 5.74) is 0.113. The highest BCUT2D eigenvalue weighted by atomic mass is 16.6. The van der Waals surface area contributed by atoms with Crippen LogP contribution >= 0.6 is 0 Å². The first-order valence-corrected chi connectivity index (χ1v) is 2.66. The highest BCUT2D eigenvalue weighted by Crippen LogP contribution is 2.08. The minimum absolute atomic E-state index is 0.0731. The predicted octanol–water partition coefficient (Wildman–Crippen LogP) is 0.236. The van der Waals surface area contributed by atoms with Crippen LogP contribution in [0.15, 0.2) is 5.16 Å². The molecule has 1 N–H and O–H groups in total. The monoisotopic (exact) mass is 129 g/mol. The molecule has 0 amide bonds. The Morgan fingerprint density at radius 3 is 2.89 bits per heavy atom. The topological polar surface area (TPSA) is 58.9 Å². The molecule has 50 valence electrons. The fraction of sp³-hybridized carbons (Fsp3) is 0.600. The molecule has 4 nitrogen and oxygen atoms in total. The lowest BCUT2D eigenvalue weighted by molar-refractivity contribution is -0.129. The van der Waals surface area contributed by atoms with Gasteiger partial charge in [-0.05, 0) is 6.92 Å². The number of carboxylic acid groups (broad SMARTS) is 1. The summed E-state index contributed by atoms with van der Waals surface area (Å²) < 4.78 is 0. The second-order valence-electron chi connectivity index (χ2n) is 1.96. The highest BCUT2D eigenvalue weighted by molar-refractivity contribution is 6.35. The van der Waals surface area contributed by atoms with Gasteiger partial charge in [0.05, 0.1) is 0 Å². The highest BCUT2D eigenvalue weighted by Gasteiger charge is 2.21. The van der Waals surface area contributed by atoms with Crippen molar-refractivity contribution in [3.8, 4) is 0 Å². The van der Waals surface area contributed by atoms with Crippen LogP contribution in [0.25, 0.3) is 0 Å². The van der Waals surface area contributed by atoms with E-state index in [0.717, 1.165) is 0 Å². The quantitative estimate of drug-likeness (QED) is 0.551. The van der Waals surface area contributed by atoms with Gasteiger partial charge >= 0.3 is 5.97 Å². The first-order valence-electron chi connectivity index (χ1n) is 2.66. The summed E-state index contributed by atoms with van der Waals surface area (Å²) in [5, 5.41) is 11.7. The summed E-state index contributed by atoms with van der Waals surface area (Å²) >= 11 is 0. The van der Waals surface area contributed by atoms with Crippen molar-refractivity contribution in [3.63, 3.8) is 0 Å². The molecule has 0 aromatic heterocycles. The number of nitrogens with zero attached hydrogens (tertiary/aromatic N) is 1. The number of oxime groups is 1. The Balaban J connectivity index is 2.55. The van der Waals surface area contributed by atoms with E-state index in [2.05, 4.69) is 9.99 Å². The molecule has 1 aliphatic rings. The minimum atomic E-state index is -0.987. The summed E-state index contributed by atoms with van der Waals surface area (Å²) in [5.74, 6) is -0.987. The van der Waals surface area contributed by atoms with Crippen molar-refractivity contribution >= 4 is 11.7 Å². The molecule has 0 saturated carbocycles. The van der Waals surface area contributed by atoms with E-state index >= 15 is 0 Å². The van der Waals surface area contributed by atoms with Crippen molar-refractivity contribution in [1.29, 1.82) is 0 Å². The van der Waals surface area contributed by atoms with Gasteiger partial charge in [0.2, 0.25) is 0 Å². The summed E-state index contributed by atoms with van der Waals surface area (Å²) in [6.45, 7) is 1.78. The van der Waals surface area contributed by atoms with Gasteiger partial charge in [-0.25, -0.2) is 4.79 Å². The molecule has 0 radical (unpaired) electrons. The van der Waals surface area contributed by atoms with Crippen LogP contribution in [0.5, 0.6) is 0 Å². The lowest BCUT2D eigenvalue weighted by Gasteiger charge is -1.93. The fourth-order valence-electron chi connectivity index (χ4n) is 0.627. The van der Waals surface area contributed by atoms with E-state index in [4.69, 9.17) is 5.11 Å². The number of carbonyl (C=O) groups is 1. The molecule has 1 rings (SSSR count). The SMILES string of the molecule is CC1CC(C(=O)O)=NO1. The zero-order valence-electron chi connectivity index (χ0n) is 5.00. The van der Waals surface area contributed by atoms with Crippen LogP contribution in [0.2, 0.25) is 0 Å². The lowest BCUT2D eigenvalue weighted by Crippen LogP contribution is -2.12.